The molecule has 9 heavy (non-hydrogen) atoms. The van der Waals surface area contributed by atoms with E-state index < -0.39 is 5.97 Å². The van der Waals surface area contributed by atoms with Gasteiger partial charge in [0.05, 0.1) is 0 Å². The molecule has 0 spiro atoms. The summed E-state index contributed by atoms with van der Waals surface area (Å²) in [7, 11) is 0. The van der Waals surface area contributed by atoms with Crippen LogP contribution >= 0.6 is 0 Å². The predicted molar refractivity (Wildman–Crippen MR) is 31.4 cm³/mol. The zero-order valence-corrected chi connectivity index (χ0v) is 7.77. The Morgan fingerprint density at radius 1 is 1.78 bits per heavy atom. The molecule has 48 valence electrons. The third-order valence-electron chi connectivity index (χ3n) is 0.758. The zero-order valence-electron chi connectivity index (χ0n) is 6.77. The molecule has 0 aliphatic carbocycles. The molecule has 4 heteroatoms. The van der Waals surface area contributed by atoms with Crippen LogP contribution in [0.5, 0.6) is 0 Å². The number of nitrogens with one attached hydrogen (secondary N) is 1. The van der Waals surface area contributed by atoms with Crippen molar-refractivity contribution in [2.24, 2.45) is 0 Å². The molecule has 0 aromatic heterocycles. The van der Waals surface area contributed by atoms with Crippen LogP contribution in [-0.2, 0) is 4.79 Å². The van der Waals surface area contributed by atoms with Gasteiger partial charge in [-0.3, -0.25) is 5.41 Å². The van der Waals surface area contributed by atoms with Crippen LogP contribution in [-0.4, -0.2) is 16.8 Å². The van der Waals surface area contributed by atoms with Crippen LogP contribution in [0.15, 0.2) is 0 Å². The molecule has 0 aromatic rings. The summed E-state index contributed by atoms with van der Waals surface area (Å²) in [5.41, 5.74) is -0.201. The summed E-state index contributed by atoms with van der Waals surface area (Å²) in [5.74, 6) is -1.10. The van der Waals surface area contributed by atoms with Crippen molar-refractivity contribution < 1.29 is 40.9 Å². The molecule has 2 N–H and O–H groups in total. The maximum atomic E-state index is 9.86. The second kappa shape index (κ2) is 6.26. The topological polar surface area (TPSA) is 61.2 Å². The Balaban J connectivity index is -0.000000245. The van der Waals surface area contributed by atoms with Crippen LogP contribution < -0.4 is 29.6 Å². The van der Waals surface area contributed by atoms with E-state index in [1.54, 1.807) is 0 Å². The molecule has 0 saturated heterocycles. The first-order chi connectivity index (χ1) is 3.68. The maximum absolute atomic E-state index is 9.86. The van der Waals surface area contributed by atoms with Gasteiger partial charge in [-0.15, -0.1) is 0 Å². The normalized spacial score (nSPS) is 7.67. The summed E-state index contributed by atoms with van der Waals surface area (Å²) in [4.78, 5) is 9.86. The molecule has 0 heterocycles. The zero-order chi connectivity index (χ0) is 6.57. The number of carbonyl (C=O) groups is 1. The Morgan fingerprint density at radius 3 is 2.33 bits per heavy atom. The summed E-state index contributed by atoms with van der Waals surface area (Å²) in [5, 5.41) is 14.8. The van der Waals surface area contributed by atoms with Gasteiger partial charge < -0.3 is 6.53 Å². The van der Waals surface area contributed by atoms with Crippen molar-refractivity contribution in [3.8, 4) is 0 Å². The summed E-state index contributed by atoms with van der Waals surface area (Å²) in [6, 6.07) is 0. The average Bonchev–Trinajstić information content (AvgIpc) is 1.67. The molecule has 0 amide bonds. The first kappa shape index (κ1) is 11.9. The summed E-state index contributed by atoms with van der Waals surface area (Å²) in [6.45, 7) is 1.84. The first-order valence-corrected chi connectivity index (χ1v) is 2.49. The minimum Gasteiger partial charge on any atom is -1.00 e. The van der Waals surface area contributed by atoms with Crippen molar-refractivity contribution in [3.05, 3.63) is 0 Å². The van der Waals surface area contributed by atoms with Gasteiger partial charge in [0.15, 0.2) is 0 Å². The molecule has 0 saturated carbocycles. The Kier molecular flexibility index (Phi) is 8.27. The summed E-state index contributed by atoms with van der Waals surface area (Å²) >= 11 is 0. The van der Waals surface area contributed by atoms with Crippen molar-refractivity contribution >= 4 is 11.7 Å². The molecular formula is C5H10NNaO2. The Hall–Kier alpha value is 0.140. The van der Waals surface area contributed by atoms with Gasteiger partial charge in [0.25, 0.3) is 0 Å². The van der Waals surface area contributed by atoms with Gasteiger partial charge in [0.2, 0.25) is 0 Å². The van der Waals surface area contributed by atoms with Crippen LogP contribution in [0.3, 0.4) is 0 Å². The minimum atomic E-state index is -1.10. The minimum absolute atomic E-state index is 0. The van der Waals surface area contributed by atoms with E-state index in [9.17, 15) is 4.79 Å². The molecule has 3 nitrogen and oxygen atoms in total. The van der Waals surface area contributed by atoms with E-state index in [1.807, 2.05) is 6.92 Å². The third kappa shape index (κ3) is 6.02. The molecule has 0 radical (unpaired) electrons. The van der Waals surface area contributed by atoms with Crippen LogP contribution in [0, 0.1) is 5.41 Å². The fraction of sp³-hybridized carbons (Fsp3) is 0.600. The molecule has 0 unspecified atom stereocenters. The van der Waals surface area contributed by atoms with Crippen molar-refractivity contribution in [2.45, 2.75) is 19.8 Å². The molecule has 0 aromatic carbocycles. The monoisotopic (exact) mass is 139 g/mol. The van der Waals surface area contributed by atoms with E-state index in [0.717, 1.165) is 6.42 Å². The van der Waals surface area contributed by atoms with Crippen molar-refractivity contribution in [1.29, 1.82) is 5.41 Å². The fourth-order valence-corrected chi connectivity index (χ4v) is 0.357. The number of hydrogen-bond acceptors (Lipinski definition) is 2. The van der Waals surface area contributed by atoms with Crippen LogP contribution in [0.25, 0.3) is 0 Å². The number of aliphatic carboxylic acids is 1. The molecule has 0 aliphatic heterocycles. The summed E-state index contributed by atoms with van der Waals surface area (Å²) in [6.07, 6.45) is 1.10. The van der Waals surface area contributed by atoms with E-state index in [0.29, 0.717) is 6.42 Å². The van der Waals surface area contributed by atoms with E-state index >= 15 is 0 Å². The Bertz CT molecular complexity index is 118. The van der Waals surface area contributed by atoms with Gasteiger partial charge in [0.1, 0.15) is 5.71 Å². The first-order valence-electron chi connectivity index (χ1n) is 2.49. The third-order valence-corrected chi connectivity index (χ3v) is 0.758. The fourth-order valence-electron chi connectivity index (χ4n) is 0.357. The van der Waals surface area contributed by atoms with Gasteiger partial charge in [-0.1, -0.05) is 13.3 Å². The van der Waals surface area contributed by atoms with Crippen molar-refractivity contribution in [1.82, 2.24) is 0 Å². The van der Waals surface area contributed by atoms with Crippen molar-refractivity contribution in [3.63, 3.8) is 0 Å². The van der Waals surface area contributed by atoms with E-state index in [4.69, 9.17) is 10.5 Å². The van der Waals surface area contributed by atoms with Gasteiger partial charge in [-0.05, 0) is 6.42 Å². The second-order valence-electron chi connectivity index (χ2n) is 1.53. The maximum Gasteiger partial charge on any atom is 1.00 e. The molecule has 0 bridgehead atoms. The number of carboxylic acid groups (broad SMARTS) is 1. The molecule has 0 fully saturated rings. The standard InChI is InChI=1S/C5H9NO2.Na.H/c1-2-3-4(6)5(7)8;;/h6H,2-3H2,1H3,(H,7,8);;/q;+1;-1. The largest absolute Gasteiger partial charge is 1.00 e. The van der Waals surface area contributed by atoms with Gasteiger partial charge >= 0.3 is 35.5 Å². The number of hydrogen-bond donors (Lipinski definition) is 2. The van der Waals surface area contributed by atoms with Crippen molar-refractivity contribution in [2.75, 3.05) is 0 Å². The molecular weight excluding hydrogens is 129 g/mol. The number of carboxylic acids is 1. The van der Waals surface area contributed by atoms with E-state index in [1.165, 1.54) is 0 Å². The number of rotatable bonds is 3. The van der Waals surface area contributed by atoms with E-state index in [-0.39, 0.29) is 36.7 Å². The Morgan fingerprint density at radius 2 is 2.22 bits per heavy atom. The van der Waals surface area contributed by atoms with Crippen LogP contribution in [0.4, 0.5) is 0 Å². The second-order valence-corrected chi connectivity index (χ2v) is 1.53. The predicted octanol–water partition coefficient (Wildman–Crippen LogP) is -1.99. The van der Waals surface area contributed by atoms with E-state index in [2.05, 4.69) is 0 Å². The van der Waals surface area contributed by atoms with Gasteiger partial charge in [-0.2, -0.15) is 0 Å². The Labute approximate surface area is 77.7 Å². The summed E-state index contributed by atoms with van der Waals surface area (Å²) < 4.78 is 0. The van der Waals surface area contributed by atoms with Gasteiger partial charge in [0, 0.05) is 0 Å². The molecule has 0 atom stereocenters. The van der Waals surface area contributed by atoms with Crippen LogP contribution in [0.2, 0.25) is 0 Å². The SMILES string of the molecule is CCCC(=N)C(=O)O.[H-].[Na+]. The quantitative estimate of drug-likeness (QED) is 0.351. The van der Waals surface area contributed by atoms with Gasteiger partial charge in [-0.25, -0.2) is 4.79 Å². The molecule has 0 rings (SSSR count). The average molecular weight is 139 g/mol. The smallest absolute Gasteiger partial charge is 1.00 e. The van der Waals surface area contributed by atoms with Crippen LogP contribution in [0.1, 0.15) is 21.2 Å². The molecule has 0 aliphatic rings.